The number of halogens is 1. The molecule has 26 heavy (non-hydrogen) atoms. The van der Waals surface area contributed by atoms with Gasteiger partial charge >= 0.3 is 0 Å². The number of para-hydroxylation sites is 1. The molecule has 2 atom stereocenters. The van der Waals surface area contributed by atoms with Crippen LogP contribution in [0, 0.1) is 0 Å². The highest BCUT2D eigenvalue weighted by atomic mass is 35.5. The monoisotopic (exact) mass is 390 g/mol. The van der Waals surface area contributed by atoms with Gasteiger partial charge in [0.25, 0.3) is 5.91 Å². The first-order chi connectivity index (χ1) is 12.5. The molecule has 2 aromatic carbocycles. The molecule has 5 nitrogen and oxygen atoms in total. The number of nitrogens with zero attached hydrogens (tertiary/aromatic N) is 1. The summed E-state index contributed by atoms with van der Waals surface area (Å²) in [5, 5.41) is 4.45. The van der Waals surface area contributed by atoms with Crippen molar-refractivity contribution in [3.8, 4) is 5.75 Å². The zero-order chi connectivity index (χ0) is 18.7. The van der Waals surface area contributed by atoms with E-state index in [1.807, 2.05) is 25.2 Å². The number of quaternary nitrogens is 1. The summed E-state index contributed by atoms with van der Waals surface area (Å²) in [6.07, 6.45) is 0. The largest absolute Gasteiger partial charge is 0.495 e. The quantitative estimate of drug-likeness (QED) is 0.679. The third kappa shape index (κ3) is 4.15. The summed E-state index contributed by atoms with van der Waals surface area (Å²) in [6, 6.07) is 13.3. The van der Waals surface area contributed by atoms with E-state index >= 15 is 0 Å². The van der Waals surface area contributed by atoms with Gasteiger partial charge in [-0.2, -0.15) is 0 Å². The standard InChI is InChI=1S/C19H20ClN3O2S/c1-12(19-22-14-6-4-5-7-17(14)26-19)23(2)11-18(24)21-15-10-13(20)8-9-16(15)25-3/h4-10,12H,11H2,1-3H3,(H,21,24)/p+1/t12-/m0/s1. The summed E-state index contributed by atoms with van der Waals surface area (Å²) in [5.41, 5.74) is 1.57. The Kier molecular flexibility index (Phi) is 5.76. The second-order valence-electron chi connectivity index (χ2n) is 6.16. The number of anilines is 1. The number of hydrogen-bond acceptors (Lipinski definition) is 4. The van der Waals surface area contributed by atoms with Gasteiger partial charge in [-0.05, 0) is 37.3 Å². The minimum atomic E-state index is -0.101. The predicted molar refractivity (Wildman–Crippen MR) is 106 cm³/mol. The van der Waals surface area contributed by atoms with Crippen LogP contribution >= 0.6 is 22.9 Å². The molecule has 0 bridgehead atoms. The summed E-state index contributed by atoms with van der Waals surface area (Å²) in [5.74, 6) is 0.482. The number of carbonyl (C=O) groups is 1. The first-order valence-electron chi connectivity index (χ1n) is 8.29. The van der Waals surface area contributed by atoms with Crippen LogP contribution in [0.5, 0.6) is 5.75 Å². The van der Waals surface area contributed by atoms with Crippen molar-refractivity contribution in [2.45, 2.75) is 13.0 Å². The van der Waals surface area contributed by atoms with E-state index in [9.17, 15) is 4.79 Å². The van der Waals surface area contributed by atoms with E-state index < -0.39 is 0 Å². The van der Waals surface area contributed by atoms with Crippen LogP contribution in [0.1, 0.15) is 18.0 Å². The average molecular weight is 391 g/mol. The molecule has 0 fully saturated rings. The lowest BCUT2D eigenvalue weighted by molar-refractivity contribution is -0.902. The fraction of sp³-hybridized carbons (Fsp3) is 0.263. The van der Waals surface area contributed by atoms with Gasteiger partial charge in [0, 0.05) is 5.02 Å². The molecule has 0 saturated heterocycles. The zero-order valence-electron chi connectivity index (χ0n) is 14.9. The molecule has 136 valence electrons. The lowest BCUT2D eigenvalue weighted by Crippen LogP contribution is -3.10. The van der Waals surface area contributed by atoms with Crippen molar-refractivity contribution in [2.75, 3.05) is 26.0 Å². The summed E-state index contributed by atoms with van der Waals surface area (Å²) in [7, 11) is 3.55. The van der Waals surface area contributed by atoms with E-state index in [1.54, 1.807) is 36.6 Å². The van der Waals surface area contributed by atoms with Crippen LogP contribution in [0.15, 0.2) is 42.5 Å². The number of benzene rings is 2. The first kappa shape index (κ1) is 18.6. The molecule has 0 saturated carbocycles. The molecule has 7 heteroatoms. The molecule has 0 aliphatic carbocycles. The number of fused-ring (bicyclic) bond motifs is 1. The zero-order valence-corrected chi connectivity index (χ0v) is 16.4. The maximum Gasteiger partial charge on any atom is 0.279 e. The van der Waals surface area contributed by atoms with E-state index in [1.165, 1.54) is 0 Å². The number of rotatable bonds is 6. The second kappa shape index (κ2) is 8.03. The number of likely N-dealkylation sites (N-methyl/N-ethyl adjacent to an activating group) is 1. The van der Waals surface area contributed by atoms with Gasteiger partial charge in [0.1, 0.15) is 11.8 Å². The van der Waals surface area contributed by atoms with Gasteiger partial charge in [-0.15, -0.1) is 11.3 Å². The molecule has 0 aliphatic rings. The Balaban J connectivity index is 1.68. The third-order valence-electron chi connectivity index (χ3n) is 4.30. The average Bonchev–Trinajstić information content (AvgIpc) is 3.05. The number of thiazole rings is 1. The number of aromatic nitrogens is 1. The summed E-state index contributed by atoms with van der Waals surface area (Å²) in [4.78, 5) is 18.2. The van der Waals surface area contributed by atoms with E-state index in [0.717, 1.165) is 20.1 Å². The fourth-order valence-electron chi connectivity index (χ4n) is 2.66. The van der Waals surface area contributed by atoms with Gasteiger partial charge in [0.05, 0.1) is 30.1 Å². The Hall–Kier alpha value is -2.15. The number of carbonyl (C=O) groups excluding carboxylic acids is 1. The van der Waals surface area contributed by atoms with E-state index in [4.69, 9.17) is 21.3 Å². The first-order valence-corrected chi connectivity index (χ1v) is 9.48. The van der Waals surface area contributed by atoms with Crippen LogP contribution in [0.3, 0.4) is 0 Å². The molecule has 1 unspecified atom stereocenters. The van der Waals surface area contributed by atoms with Crippen molar-refractivity contribution < 1.29 is 14.4 Å². The summed E-state index contributed by atoms with van der Waals surface area (Å²) < 4.78 is 6.43. The van der Waals surface area contributed by atoms with Crippen molar-refractivity contribution >= 4 is 44.7 Å². The van der Waals surface area contributed by atoms with Gasteiger partial charge in [0.2, 0.25) is 0 Å². The van der Waals surface area contributed by atoms with Gasteiger partial charge in [-0.1, -0.05) is 23.7 Å². The molecule has 3 rings (SSSR count). The maximum absolute atomic E-state index is 12.5. The Morgan fingerprint density at radius 2 is 2.12 bits per heavy atom. The van der Waals surface area contributed by atoms with Crippen molar-refractivity contribution in [2.24, 2.45) is 0 Å². The minimum Gasteiger partial charge on any atom is -0.495 e. The van der Waals surface area contributed by atoms with E-state index in [-0.39, 0.29) is 11.9 Å². The number of hydrogen-bond donors (Lipinski definition) is 2. The summed E-state index contributed by atoms with van der Waals surface area (Å²) in [6.45, 7) is 2.40. The van der Waals surface area contributed by atoms with Crippen molar-refractivity contribution in [3.63, 3.8) is 0 Å². The van der Waals surface area contributed by atoms with Crippen LogP contribution in [0.25, 0.3) is 10.2 Å². The highest BCUT2D eigenvalue weighted by molar-refractivity contribution is 7.18. The van der Waals surface area contributed by atoms with Crippen LogP contribution in [0.2, 0.25) is 5.02 Å². The number of nitrogens with one attached hydrogen (secondary N) is 2. The molecular formula is C19H21ClN3O2S+. The Morgan fingerprint density at radius 3 is 2.85 bits per heavy atom. The van der Waals surface area contributed by atoms with Crippen LogP contribution < -0.4 is 15.0 Å². The smallest absolute Gasteiger partial charge is 0.279 e. The highest BCUT2D eigenvalue weighted by Gasteiger charge is 2.22. The number of methoxy groups -OCH3 is 1. The lowest BCUT2D eigenvalue weighted by atomic mass is 10.2. The number of ether oxygens (including phenoxy) is 1. The SMILES string of the molecule is COc1ccc(Cl)cc1NC(=O)C[NH+](C)[C@@H](C)c1nc2ccccc2s1. The molecular weight excluding hydrogens is 370 g/mol. The molecule has 0 spiro atoms. The molecule has 0 radical (unpaired) electrons. The maximum atomic E-state index is 12.5. The Morgan fingerprint density at radius 1 is 1.35 bits per heavy atom. The van der Waals surface area contributed by atoms with E-state index in [2.05, 4.69) is 18.3 Å². The molecule has 1 heterocycles. The van der Waals surface area contributed by atoms with Crippen LogP contribution in [0.4, 0.5) is 5.69 Å². The van der Waals surface area contributed by atoms with E-state index in [0.29, 0.717) is 23.0 Å². The number of amides is 1. The summed E-state index contributed by atoms with van der Waals surface area (Å²) >= 11 is 7.68. The van der Waals surface area contributed by atoms with Gasteiger partial charge in [-0.25, -0.2) is 4.98 Å². The third-order valence-corrected chi connectivity index (χ3v) is 5.75. The van der Waals surface area contributed by atoms with Crippen molar-refractivity contribution in [1.82, 2.24) is 4.98 Å². The van der Waals surface area contributed by atoms with Gasteiger partial charge < -0.3 is 15.0 Å². The fourth-order valence-corrected chi connectivity index (χ4v) is 3.95. The molecule has 0 aliphatic heterocycles. The highest BCUT2D eigenvalue weighted by Crippen LogP contribution is 2.27. The Bertz CT molecular complexity index is 895. The lowest BCUT2D eigenvalue weighted by Gasteiger charge is -2.19. The molecule has 2 N–H and O–H groups in total. The molecule has 3 aromatic rings. The van der Waals surface area contributed by atoms with Crippen LogP contribution in [-0.2, 0) is 4.79 Å². The molecule has 1 aromatic heterocycles. The van der Waals surface area contributed by atoms with Gasteiger partial charge in [0.15, 0.2) is 11.6 Å². The second-order valence-corrected chi connectivity index (χ2v) is 7.66. The van der Waals surface area contributed by atoms with Gasteiger partial charge in [-0.3, -0.25) is 4.79 Å². The molecule has 1 amide bonds. The van der Waals surface area contributed by atoms with Crippen molar-refractivity contribution in [3.05, 3.63) is 52.5 Å². The predicted octanol–water partition coefficient (Wildman–Crippen LogP) is 3.17. The van der Waals surface area contributed by atoms with Crippen molar-refractivity contribution in [1.29, 1.82) is 0 Å². The van der Waals surface area contributed by atoms with Crippen LogP contribution in [-0.4, -0.2) is 31.6 Å². The Labute approximate surface area is 161 Å². The topological polar surface area (TPSA) is 55.7 Å². The minimum absolute atomic E-state index is 0.101. The normalized spacial score (nSPS) is 13.4.